The zero-order chi connectivity index (χ0) is 16.8. The SMILES string of the molecule is CC(C)N(C)CC(OC(=O)c1ccc(N)cc1)c1ccccc1. The van der Waals surface area contributed by atoms with E-state index in [2.05, 4.69) is 18.7 Å². The van der Waals surface area contributed by atoms with Gasteiger partial charge in [-0.3, -0.25) is 4.90 Å². The fourth-order valence-electron chi connectivity index (χ4n) is 2.17. The molecule has 0 amide bonds. The number of rotatable bonds is 6. The molecule has 0 aromatic heterocycles. The monoisotopic (exact) mass is 312 g/mol. The van der Waals surface area contributed by atoms with Gasteiger partial charge in [0.05, 0.1) is 5.56 Å². The minimum absolute atomic E-state index is 0.311. The van der Waals surface area contributed by atoms with Gasteiger partial charge >= 0.3 is 5.97 Å². The number of nitrogen functional groups attached to an aromatic ring is 1. The van der Waals surface area contributed by atoms with Crippen LogP contribution in [0.4, 0.5) is 5.69 Å². The lowest BCUT2D eigenvalue weighted by Gasteiger charge is -2.27. The van der Waals surface area contributed by atoms with Gasteiger partial charge in [-0.1, -0.05) is 30.3 Å². The average Bonchev–Trinajstić information content (AvgIpc) is 2.55. The molecule has 1 atom stereocenters. The van der Waals surface area contributed by atoms with Gasteiger partial charge in [-0.05, 0) is 50.7 Å². The van der Waals surface area contributed by atoms with Crippen LogP contribution in [0.5, 0.6) is 0 Å². The van der Waals surface area contributed by atoms with Crippen LogP contribution in [0.3, 0.4) is 0 Å². The predicted octanol–water partition coefficient (Wildman–Crippen LogP) is 3.51. The summed E-state index contributed by atoms with van der Waals surface area (Å²) in [5.41, 5.74) is 7.78. The van der Waals surface area contributed by atoms with Crippen molar-refractivity contribution in [1.82, 2.24) is 4.90 Å². The van der Waals surface area contributed by atoms with Crippen LogP contribution in [-0.2, 0) is 4.74 Å². The number of esters is 1. The third kappa shape index (κ3) is 4.83. The van der Waals surface area contributed by atoms with Gasteiger partial charge in [-0.2, -0.15) is 0 Å². The zero-order valence-electron chi connectivity index (χ0n) is 13.9. The normalized spacial score (nSPS) is 12.4. The smallest absolute Gasteiger partial charge is 0.338 e. The minimum Gasteiger partial charge on any atom is -0.453 e. The number of ether oxygens (including phenoxy) is 1. The lowest BCUT2D eigenvalue weighted by atomic mass is 10.1. The summed E-state index contributed by atoms with van der Waals surface area (Å²) in [6.45, 7) is 4.87. The quantitative estimate of drug-likeness (QED) is 0.655. The number of nitrogens with zero attached hydrogens (tertiary/aromatic N) is 1. The number of hydrogen-bond acceptors (Lipinski definition) is 4. The van der Waals surface area contributed by atoms with Crippen molar-refractivity contribution in [2.24, 2.45) is 0 Å². The van der Waals surface area contributed by atoms with Crippen molar-refractivity contribution in [3.63, 3.8) is 0 Å². The molecule has 0 bridgehead atoms. The van der Waals surface area contributed by atoms with Gasteiger partial charge in [0.15, 0.2) is 0 Å². The molecule has 0 radical (unpaired) electrons. The first-order chi connectivity index (χ1) is 11.0. The van der Waals surface area contributed by atoms with Gasteiger partial charge in [0, 0.05) is 18.3 Å². The summed E-state index contributed by atoms with van der Waals surface area (Å²) in [4.78, 5) is 14.6. The maximum Gasteiger partial charge on any atom is 0.338 e. The predicted molar refractivity (Wildman–Crippen MR) is 93.2 cm³/mol. The van der Waals surface area contributed by atoms with E-state index in [4.69, 9.17) is 10.5 Å². The van der Waals surface area contributed by atoms with Crippen LogP contribution >= 0.6 is 0 Å². The Morgan fingerprint density at radius 1 is 1.09 bits per heavy atom. The van der Waals surface area contributed by atoms with Crippen molar-refractivity contribution < 1.29 is 9.53 Å². The van der Waals surface area contributed by atoms with Crippen LogP contribution in [0.15, 0.2) is 54.6 Å². The minimum atomic E-state index is -0.337. The van der Waals surface area contributed by atoms with Gasteiger partial charge in [0.1, 0.15) is 6.10 Å². The number of benzene rings is 2. The fraction of sp³-hybridized carbons (Fsp3) is 0.316. The second-order valence-corrected chi connectivity index (χ2v) is 5.96. The van der Waals surface area contributed by atoms with Gasteiger partial charge in [0.25, 0.3) is 0 Å². The maximum atomic E-state index is 12.4. The zero-order valence-corrected chi connectivity index (χ0v) is 13.9. The highest BCUT2D eigenvalue weighted by Crippen LogP contribution is 2.21. The van der Waals surface area contributed by atoms with Crippen LogP contribution in [-0.4, -0.2) is 30.5 Å². The van der Waals surface area contributed by atoms with Gasteiger partial charge < -0.3 is 10.5 Å². The molecule has 2 rings (SSSR count). The summed E-state index contributed by atoms with van der Waals surface area (Å²) in [7, 11) is 2.03. The maximum absolute atomic E-state index is 12.4. The summed E-state index contributed by atoms with van der Waals surface area (Å²) in [5.74, 6) is -0.337. The molecule has 2 N–H and O–H groups in total. The number of anilines is 1. The van der Waals surface area contributed by atoms with Crippen molar-refractivity contribution >= 4 is 11.7 Å². The van der Waals surface area contributed by atoms with Crippen LogP contribution in [0.2, 0.25) is 0 Å². The molecule has 2 aromatic rings. The Balaban J connectivity index is 2.17. The standard InChI is InChI=1S/C19H24N2O2/c1-14(2)21(3)13-18(15-7-5-4-6-8-15)23-19(22)16-9-11-17(20)12-10-16/h4-12,14,18H,13,20H2,1-3H3. The van der Waals surface area contributed by atoms with Gasteiger partial charge in [-0.25, -0.2) is 4.79 Å². The number of nitrogens with two attached hydrogens (primary N) is 1. The summed E-state index contributed by atoms with van der Waals surface area (Å²) in [6, 6.07) is 17.0. The highest BCUT2D eigenvalue weighted by Gasteiger charge is 2.20. The first kappa shape index (κ1) is 17.0. The van der Waals surface area contributed by atoms with E-state index < -0.39 is 0 Å². The second-order valence-electron chi connectivity index (χ2n) is 5.96. The third-order valence-electron chi connectivity index (χ3n) is 3.90. The molecule has 23 heavy (non-hydrogen) atoms. The summed E-state index contributed by atoms with van der Waals surface area (Å²) >= 11 is 0. The Morgan fingerprint density at radius 3 is 2.26 bits per heavy atom. The molecule has 0 fully saturated rings. The van der Waals surface area contributed by atoms with E-state index in [0.717, 1.165) is 5.56 Å². The molecule has 0 aliphatic heterocycles. The lowest BCUT2D eigenvalue weighted by Crippen LogP contribution is -2.32. The number of likely N-dealkylation sites (N-methyl/N-ethyl adjacent to an activating group) is 1. The summed E-state index contributed by atoms with van der Waals surface area (Å²) in [6.07, 6.45) is -0.311. The molecule has 122 valence electrons. The molecule has 0 spiro atoms. The van der Waals surface area contributed by atoms with Crippen molar-refractivity contribution in [2.75, 3.05) is 19.3 Å². The molecule has 1 unspecified atom stereocenters. The van der Waals surface area contributed by atoms with E-state index in [0.29, 0.717) is 23.8 Å². The van der Waals surface area contributed by atoms with Crippen LogP contribution in [0, 0.1) is 0 Å². The number of carbonyl (C=O) groups is 1. The van der Waals surface area contributed by atoms with Crippen LogP contribution < -0.4 is 5.73 Å². The molecule has 4 heteroatoms. The Kier molecular flexibility index (Phi) is 5.77. The largest absolute Gasteiger partial charge is 0.453 e. The van der Waals surface area contributed by atoms with Crippen molar-refractivity contribution in [2.45, 2.75) is 26.0 Å². The van der Waals surface area contributed by atoms with E-state index in [-0.39, 0.29) is 12.1 Å². The van der Waals surface area contributed by atoms with Gasteiger partial charge in [0.2, 0.25) is 0 Å². The van der Waals surface area contributed by atoms with E-state index in [9.17, 15) is 4.79 Å². The molecule has 0 heterocycles. The lowest BCUT2D eigenvalue weighted by molar-refractivity contribution is 0.0194. The van der Waals surface area contributed by atoms with Crippen molar-refractivity contribution in [3.8, 4) is 0 Å². The molecule has 0 aliphatic carbocycles. The van der Waals surface area contributed by atoms with Crippen LogP contribution in [0.25, 0.3) is 0 Å². The molecule has 2 aromatic carbocycles. The Hall–Kier alpha value is -2.33. The van der Waals surface area contributed by atoms with E-state index in [1.807, 2.05) is 37.4 Å². The number of carbonyl (C=O) groups excluding carboxylic acids is 1. The van der Waals surface area contributed by atoms with E-state index >= 15 is 0 Å². The highest BCUT2D eigenvalue weighted by molar-refractivity contribution is 5.89. The van der Waals surface area contributed by atoms with E-state index in [1.54, 1.807) is 24.3 Å². The summed E-state index contributed by atoms with van der Waals surface area (Å²) < 4.78 is 5.76. The van der Waals surface area contributed by atoms with Gasteiger partial charge in [-0.15, -0.1) is 0 Å². The molecular formula is C19H24N2O2. The number of hydrogen-bond donors (Lipinski definition) is 1. The summed E-state index contributed by atoms with van der Waals surface area (Å²) in [5, 5.41) is 0. The average molecular weight is 312 g/mol. The first-order valence-corrected chi connectivity index (χ1v) is 7.79. The fourth-order valence-corrected chi connectivity index (χ4v) is 2.17. The molecule has 4 nitrogen and oxygen atoms in total. The Bertz CT molecular complexity index is 624. The molecular weight excluding hydrogens is 288 g/mol. The van der Waals surface area contributed by atoms with Crippen LogP contribution in [0.1, 0.15) is 35.9 Å². The van der Waals surface area contributed by atoms with E-state index in [1.165, 1.54) is 0 Å². The Morgan fingerprint density at radius 2 is 1.70 bits per heavy atom. The first-order valence-electron chi connectivity index (χ1n) is 7.79. The van der Waals surface area contributed by atoms with Crippen molar-refractivity contribution in [1.29, 1.82) is 0 Å². The molecule has 0 aliphatic rings. The molecule has 0 saturated heterocycles. The molecule has 0 saturated carbocycles. The van der Waals surface area contributed by atoms with Crippen molar-refractivity contribution in [3.05, 3.63) is 65.7 Å². The highest BCUT2D eigenvalue weighted by atomic mass is 16.5. The third-order valence-corrected chi connectivity index (χ3v) is 3.90. The second kappa shape index (κ2) is 7.79. The topological polar surface area (TPSA) is 55.6 Å². The Labute approximate surface area is 137 Å².